The van der Waals surface area contributed by atoms with E-state index < -0.39 is 0 Å². The van der Waals surface area contributed by atoms with Gasteiger partial charge in [0.25, 0.3) is 5.91 Å². The van der Waals surface area contributed by atoms with Crippen molar-refractivity contribution >= 4 is 34.9 Å². The van der Waals surface area contributed by atoms with Crippen LogP contribution in [-0.2, 0) is 0 Å². The van der Waals surface area contributed by atoms with E-state index in [1.165, 1.54) is 12.4 Å². The van der Waals surface area contributed by atoms with Crippen molar-refractivity contribution in [3.05, 3.63) is 51.9 Å². The molecular formula is C12H9Cl2N3O. The van der Waals surface area contributed by atoms with Crippen LogP contribution in [0.15, 0.2) is 30.6 Å². The fraction of sp³-hybridized carbons (Fsp3) is 0.0833. The number of hydrogen-bond acceptors (Lipinski definition) is 3. The highest BCUT2D eigenvalue weighted by atomic mass is 35.5. The maximum atomic E-state index is 12.0. The highest BCUT2D eigenvalue weighted by Crippen LogP contribution is 2.19. The maximum Gasteiger partial charge on any atom is 0.257 e. The van der Waals surface area contributed by atoms with Gasteiger partial charge < -0.3 is 5.32 Å². The van der Waals surface area contributed by atoms with Crippen LogP contribution in [0, 0.1) is 6.92 Å². The summed E-state index contributed by atoms with van der Waals surface area (Å²) >= 11 is 11.6. The number of carbonyl (C=O) groups is 1. The van der Waals surface area contributed by atoms with Crippen LogP contribution in [0.5, 0.6) is 0 Å². The third kappa shape index (κ3) is 2.78. The molecule has 1 aromatic carbocycles. The molecule has 0 radical (unpaired) electrons. The fourth-order valence-electron chi connectivity index (χ4n) is 1.41. The number of anilines is 1. The number of carbonyl (C=O) groups excluding carboxylic acids is 1. The second-order valence-corrected chi connectivity index (χ2v) is 4.39. The molecule has 0 saturated heterocycles. The molecule has 0 bridgehead atoms. The highest BCUT2D eigenvalue weighted by Gasteiger charge is 2.11. The number of aromatic nitrogens is 2. The van der Waals surface area contributed by atoms with Gasteiger partial charge in [-0.3, -0.25) is 4.79 Å². The van der Waals surface area contributed by atoms with Crippen LogP contribution in [0.25, 0.3) is 0 Å². The molecule has 2 aromatic rings. The molecule has 0 aliphatic heterocycles. The zero-order valence-electron chi connectivity index (χ0n) is 9.45. The normalized spacial score (nSPS) is 10.2. The van der Waals surface area contributed by atoms with Crippen molar-refractivity contribution in [1.82, 2.24) is 9.97 Å². The average Bonchev–Trinajstić information content (AvgIpc) is 2.35. The Kier molecular flexibility index (Phi) is 3.79. The van der Waals surface area contributed by atoms with E-state index in [0.717, 1.165) is 5.56 Å². The first-order valence-corrected chi connectivity index (χ1v) is 5.87. The van der Waals surface area contributed by atoms with Crippen molar-refractivity contribution in [3.63, 3.8) is 0 Å². The smallest absolute Gasteiger partial charge is 0.257 e. The van der Waals surface area contributed by atoms with Gasteiger partial charge in [0.2, 0.25) is 0 Å². The zero-order valence-corrected chi connectivity index (χ0v) is 11.0. The summed E-state index contributed by atoms with van der Waals surface area (Å²) in [5.41, 5.74) is 1.22. The van der Waals surface area contributed by atoms with E-state index in [1.54, 1.807) is 25.1 Å². The van der Waals surface area contributed by atoms with E-state index in [9.17, 15) is 4.79 Å². The maximum absolute atomic E-state index is 12.0. The first-order valence-electron chi connectivity index (χ1n) is 5.12. The van der Waals surface area contributed by atoms with Gasteiger partial charge in [0.15, 0.2) is 5.82 Å². The lowest BCUT2D eigenvalue weighted by atomic mass is 10.1. The molecule has 1 N–H and O–H groups in total. The van der Waals surface area contributed by atoms with Gasteiger partial charge >= 0.3 is 0 Å². The number of hydrogen-bond donors (Lipinski definition) is 1. The summed E-state index contributed by atoms with van der Waals surface area (Å²) in [5, 5.41) is 3.44. The minimum Gasteiger partial charge on any atom is -0.305 e. The van der Waals surface area contributed by atoms with Crippen molar-refractivity contribution in [3.8, 4) is 0 Å². The number of nitrogens with one attached hydrogen (secondary N) is 1. The van der Waals surface area contributed by atoms with Gasteiger partial charge in [-0.2, -0.15) is 0 Å². The summed E-state index contributed by atoms with van der Waals surface area (Å²) in [4.78, 5) is 19.8. The molecule has 0 saturated carbocycles. The number of rotatable bonds is 2. The molecule has 0 fully saturated rings. The standard InChI is InChI=1S/C12H9Cl2N3O/c1-7-8(3-2-4-9(7)13)12(18)17-11-6-15-10(14)5-16-11/h2-6H,1H3,(H,16,17,18). The fourth-order valence-corrected chi connectivity index (χ4v) is 1.69. The minimum atomic E-state index is -0.286. The molecule has 1 aromatic heterocycles. The number of halogens is 2. The number of nitrogens with zero attached hydrogens (tertiary/aromatic N) is 2. The molecule has 1 amide bonds. The van der Waals surface area contributed by atoms with Crippen LogP contribution in [-0.4, -0.2) is 15.9 Å². The molecule has 18 heavy (non-hydrogen) atoms. The van der Waals surface area contributed by atoms with Gasteiger partial charge in [0.1, 0.15) is 5.15 Å². The Balaban J connectivity index is 2.22. The topological polar surface area (TPSA) is 54.9 Å². The van der Waals surface area contributed by atoms with E-state index in [2.05, 4.69) is 15.3 Å². The van der Waals surface area contributed by atoms with Gasteiger partial charge in [-0.15, -0.1) is 0 Å². The van der Waals surface area contributed by atoms with E-state index in [-0.39, 0.29) is 11.1 Å². The van der Waals surface area contributed by atoms with Crippen LogP contribution in [0.3, 0.4) is 0 Å². The van der Waals surface area contributed by atoms with E-state index in [1.807, 2.05) is 0 Å². The summed E-state index contributed by atoms with van der Waals surface area (Å²) in [5.74, 6) is 0.0513. The van der Waals surface area contributed by atoms with Crippen molar-refractivity contribution in [2.24, 2.45) is 0 Å². The Morgan fingerprint density at radius 1 is 1.22 bits per heavy atom. The summed E-state index contributed by atoms with van der Waals surface area (Å²) < 4.78 is 0. The SMILES string of the molecule is Cc1c(Cl)cccc1C(=O)Nc1cnc(Cl)cn1. The highest BCUT2D eigenvalue weighted by molar-refractivity contribution is 6.32. The first-order chi connectivity index (χ1) is 8.58. The Hall–Kier alpha value is -1.65. The van der Waals surface area contributed by atoms with Crippen LogP contribution in [0.4, 0.5) is 5.82 Å². The van der Waals surface area contributed by atoms with Gasteiger partial charge in [-0.25, -0.2) is 9.97 Å². The zero-order chi connectivity index (χ0) is 13.1. The van der Waals surface area contributed by atoms with Crippen LogP contribution in [0.2, 0.25) is 10.2 Å². The molecule has 2 rings (SSSR count). The Morgan fingerprint density at radius 3 is 2.67 bits per heavy atom. The van der Waals surface area contributed by atoms with Crippen LogP contribution >= 0.6 is 23.2 Å². The molecule has 0 aliphatic carbocycles. The van der Waals surface area contributed by atoms with Crippen molar-refractivity contribution in [2.45, 2.75) is 6.92 Å². The molecule has 4 nitrogen and oxygen atoms in total. The second-order valence-electron chi connectivity index (χ2n) is 3.59. The van der Waals surface area contributed by atoms with Crippen LogP contribution < -0.4 is 5.32 Å². The lowest BCUT2D eigenvalue weighted by Crippen LogP contribution is -2.14. The predicted octanol–water partition coefficient (Wildman–Crippen LogP) is 3.34. The van der Waals surface area contributed by atoms with E-state index in [4.69, 9.17) is 23.2 Å². The lowest BCUT2D eigenvalue weighted by Gasteiger charge is -2.07. The molecule has 0 aliphatic rings. The summed E-state index contributed by atoms with van der Waals surface area (Å²) in [6.07, 6.45) is 2.75. The Labute approximate surface area is 114 Å². The third-order valence-corrected chi connectivity index (χ3v) is 2.98. The monoisotopic (exact) mass is 281 g/mol. The van der Waals surface area contributed by atoms with Gasteiger partial charge in [-0.1, -0.05) is 29.3 Å². The third-order valence-electron chi connectivity index (χ3n) is 2.37. The molecule has 0 atom stereocenters. The van der Waals surface area contributed by atoms with Crippen molar-refractivity contribution in [2.75, 3.05) is 5.32 Å². The van der Waals surface area contributed by atoms with Crippen LogP contribution in [0.1, 0.15) is 15.9 Å². The Bertz CT molecular complexity index is 584. The van der Waals surface area contributed by atoms with Crippen molar-refractivity contribution < 1.29 is 4.79 Å². The summed E-state index contributed by atoms with van der Waals surface area (Å²) in [7, 11) is 0. The number of amides is 1. The second kappa shape index (κ2) is 5.33. The molecule has 0 spiro atoms. The van der Waals surface area contributed by atoms with E-state index in [0.29, 0.717) is 16.4 Å². The first kappa shape index (κ1) is 12.8. The summed E-state index contributed by atoms with van der Waals surface area (Å²) in [6.45, 7) is 1.78. The predicted molar refractivity (Wildman–Crippen MR) is 71.2 cm³/mol. The quantitative estimate of drug-likeness (QED) is 0.919. The van der Waals surface area contributed by atoms with Gasteiger partial charge in [-0.05, 0) is 24.6 Å². The molecule has 0 unspecified atom stereocenters. The molecule has 1 heterocycles. The Morgan fingerprint density at radius 2 is 2.00 bits per heavy atom. The van der Waals surface area contributed by atoms with E-state index >= 15 is 0 Å². The van der Waals surface area contributed by atoms with Gasteiger partial charge in [0, 0.05) is 10.6 Å². The number of benzene rings is 1. The van der Waals surface area contributed by atoms with Gasteiger partial charge in [0.05, 0.1) is 12.4 Å². The largest absolute Gasteiger partial charge is 0.305 e. The minimum absolute atomic E-state index is 0.270. The molecular weight excluding hydrogens is 273 g/mol. The molecule has 92 valence electrons. The van der Waals surface area contributed by atoms with Crippen molar-refractivity contribution in [1.29, 1.82) is 0 Å². The summed E-state index contributed by atoms with van der Waals surface area (Å²) in [6, 6.07) is 5.15. The average molecular weight is 282 g/mol. The lowest BCUT2D eigenvalue weighted by molar-refractivity contribution is 0.102. The molecule has 6 heteroatoms.